The molecule has 0 saturated carbocycles. The van der Waals surface area contributed by atoms with Crippen molar-refractivity contribution in [1.29, 1.82) is 0 Å². The van der Waals surface area contributed by atoms with Crippen LogP contribution >= 0.6 is 11.6 Å². The first-order chi connectivity index (χ1) is 17.2. The number of rotatable bonds is 4. The summed E-state index contributed by atoms with van der Waals surface area (Å²) in [7, 11) is 2.97. The Morgan fingerprint density at radius 1 is 1.08 bits per heavy atom. The lowest BCUT2D eigenvalue weighted by molar-refractivity contribution is -0.124. The average Bonchev–Trinajstić information content (AvgIpc) is 3.45. The van der Waals surface area contributed by atoms with Gasteiger partial charge in [-0.2, -0.15) is 0 Å². The number of benzene rings is 2. The molecular formula is C25H20ClF2N5O3. The molecule has 3 heterocycles. The van der Waals surface area contributed by atoms with Gasteiger partial charge in [0.15, 0.2) is 0 Å². The molecule has 0 aliphatic carbocycles. The van der Waals surface area contributed by atoms with Crippen molar-refractivity contribution in [2.24, 2.45) is 0 Å². The number of nitrogens with zero attached hydrogens (tertiary/aromatic N) is 4. The van der Waals surface area contributed by atoms with Crippen LogP contribution in [0.1, 0.15) is 26.4 Å². The quantitative estimate of drug-likeness (QED) is 0.332. The summed E-state index contributed by atoms with van der Waals surface area (Å²) in [5.41, 5.74) is 1.71. The summed E-state index contributed by atoms with van der Waals surface area (Å²) >= 11 is 6.42. The van der Waals surface area contributed by atoms with E-state index in [1.807, 2.05) is 0 Å². The van der Waals surface area contributed by atoms with Crippen LogP contribution in [0.3, 0.4) is 0 Å². The van der Waals surface area contributed by atoms with E-state index in [9.17, 15) is 23.2 Å². The number of halogens is 3. The number of ketones is 1. The van der Waals surface area contributed by atoms with E-state index in [-0.39, 0.29) is 34.2 Å². The van der Waals surface area contributed by atoms with Crippen LogP contribution in [0.4, 0.5) is 8.78 Å². The van der Waals surface area contributed by atoms with Gasteiger partial charge in [0.25, 0.3) is 17.6 Å². The van der Waals surface area contributed by atoms with E-state index >= 15 is 0 Å². The largest absolute Gasteiger partial charge is 0.360 e. The van der Waals surface area contributed by atoms with Crippen molar-refractivity contribution in [3.05, 3.63) is 76.2 Å². The van der Waals surface area contributed by atoms with E-state index in [4.69, 9.17) is 11.6 Å². The standard InChI is InChI=1S/C25H20ClF2N5O3/c1-31(2)25(36)22(34)18-11-29-21-9-19(26)17(8-16(18)21)24(35)32-5-6-33-14(12-32)10-30-23(33)15-4-3-13(27)7-20(15)28/h3-4,7-11,29H,5-6,12H2,1-2H3. The summed E-state index contributed by atoms with van der Waals surface area (Å²) in [5, 5.41) is 0.611. The number of amides is 2. The summed E-state index contributed by atoms with van der Waals surface area (Å²) in [4.78, 5) is 48.2. The first kappa shape index (κ1) is 23.7. The number of likely N-dealkylation sites (N-methyl/N-ethyl adjacent to an activating group) is 1. The fraction of sp³-hybridized carbons (Fsp3) is 0.200. The summed E-state index contributed by atoms with van der Waals surface area (Å²) in [6, 6.07) is 6.37. The van der Waals surface area contributed by atoms with Crippen molar-refractivity contribution in [2.45, 2.75) is 13.1 Å². The van der Waals surface area contributed by atoms with Crippen molar-refractivity contribution in [3.63, 3.8) is 0 Å². The Morgan fingerprint density at radius 3 is 2.58 bits per heavy atom. The van der Waals surface area contributed by atoms with Gasteiger partial charge in [0, 0.05) is 50.4 Å². The van der Waals surface area contributed by atoms with Crippen LogP contribution < -0.4 is 0 Å². The number of carbonyl (C=O) groups excluding carboxylic acids is 3. The normalized spacial score (nSPS) is 13.1. The maximum atomic E-state index is 14.3. The number of aromatic nitrogens is 3. The molecule has 0 radical (unpaired) electrons. The van der Waals surface area contributed by atoms with Crippen molar-refractivity contribution >= 4 is 40.1 Å². The van der Waals surface area contributed by atoms with Gasteiger partial charge in [-0.15, -0.1) is 0 Å². The van der Waals surface area contributed by atoms with Gasteiger partial charge in [-0.3, -0.25) is 14.4 Å². The number of aromatic amines is 1. The Hall–Kier alpha value is -4.05. The van der Waals surface area contributed by atoms with Gasteiger partial charge >= 0.3 is 0 Å². The van der Waals surface area contributed by atoms with E-state index < -0.39 is 23.3 Å². The van der Waals surface area contributed by atoms with Gasteiger partial charge in [-0.05, 0) is 24.3 Å². The highest BCUT2D eigenvalue weighted by Gasteiger charge is 2.28. The molecule has 5 rings (SSSR count). The maximum Gasteiger partial charge on any atom is 0.294 e. The van der Waals surface area contributed by atoms with E-state index in [2.05, 4.69) is 9.97 Å². The third kappa shape index (κ3) is 3.93. The minimum Gasteiger partial charge on any atom is -0.360 e. The molecule has 0 spiro atoms. The Kier molecular flexibility index (Phi) is 5.83. The molecule has 0 saturated heterocycles. The fourth-order valence-corrected chi connectivity index (χ4v) is 4.57. The predicted molar refractivity (Wildman–Crippen MR) is 129 cm³/mol. The zero-order valence-corrected chi connectivity index (χ0v) is 20.1. The summed E-state index contributed by atoms with van der Waals surface area (Å²) in [6.45, 7) is 0.837. The van der Waals surface area contributed by atoms with Crippen LogP contribution in [0.25, 0.3) is 22.3 Å². The molecule has 1 aliphatic heterocycles. The fourth-order valence-electron chi connectivity index (χ4n) is 4.32. The van der Waals surface area contributed by atoms with Crippen LogP contribution in [0.15, 0.2) is 42.7 Å². The number of nitrogens with one attached hydrogen (secondary N) is 1. The van der Waals surface area contributed by atoms with Crippen LogP contribution in [0, 0.1) is 11.6 Å². The van der Waals surface area contributed by atoms with Crippen molar-refractivity contribution in [3.8, 4) is 11.4 Å². The molecule has 0 bridgehead atoms. The average molecular weight is 512 g/mol. The number of fused-ring (bicyclic) bond motifs is 2. The molecule has 2 aromatic heterocycles. The highest BCUT2D eigenvalue weighted by molar-refractivity contribution is 6.45. The number of hydrogen-bond donors (Lipinski definition) is 1. The van der Waals surface area contributed by atoms with E-state index in [1.165, 1.54) is 43.4 Å². The van der Waals surface area contributed by atoms with Gasteiger partial charge in [0.2, 0.25) is 0 Å². The van der Waals surface area contributed by atoms with Crippen molar-refractivity contribution in [1.82, 2.24) is 24.3 Å². The third-order valence-electron chi connectivity index (χ3n) is 6.19. The Labute approximate surface area is 209 Å². The van der Waals surface area contributed by atoms with Gasteiger partial charge < -0.3 is 19.4 Å². The molecule has 1 aliphatic rings. The van der Waals surface area contributed by atoms with Crippen molar-refractivity contribution in [2.75, 3.05) is 20.6 Å². The molecule has 36 heavy (non-hydrogen) atoms. The topological polar surface area (TPSA) is 91.3 Å². The smallest absolute Gasteiger partial charge is 0.294 e. The zero-order chi connectivity index (χ0) is 25.7. The molecule has 8 nitrogen and oxygen atoms in total. The Balaban J connectivity index is 1.44. The SMILES string of the molecule is CN(C)C(=O)C(=O)c1c[nH]c2cc(Cl)c(C(=O)N3CCn4c(cnc4-c4ccc(F)cc4F)C3)cc12. The molecule has 2 aromatic carbocycles. The highest BCUT2D eigenvalue weighted by atomic mass is 35.5. The molecule has 4 aromatic rings. The molecule has 184 valence electrons. The summed E-state index contributed by atoms with van der Waals surface area (Å²) < 4.78 is 29.4. The highest BCUT2D eigenvalue weighted by Crippen LogP contribution is 2.30. The van der Waals surface area contributed by atoms with Crippen molar-refractivity contribution < 1.29 is 23.2 Å². The summed E-state index contributed by atoms with van der Waals surface area (Å²) in [5.74, 6) is -2.78. The molecule has 0 unspecified atom stereocenters. The Morgan fingerprint density at radius 2 is 1.86 bits per heavy atom. The molecular weight excluding hydrogens is 492 g/mol. The van der Waals surface area contributed by atoms with Gasteiger partial charge in [0.05, 0.1) is 40.1 Å². The zero-order valence-electron chi connectivity index (χ0n) is 19.3. The Bertz CT molecular complexity index is 1560. The number of imidazole rings is 1. The van der Waals surface area contributed by atoms with Gasteiger partial charge in [-0.25, -0.2) is 13.8 Å². The monoisotopic (exact) mass is 511 g/mol. The van der Waals surface area contributed by atoms with Crippen LogP contribution in [-0.2, 0) is 17.9 Å². The predicted octanol–water partition coefficient (Wildman–Crippen LogP) is 3.89. The molecule has 11 heteroatoms. The lowest BCUT2D eigenvalue weighted by atomic mass is 10.0. The lowest BCUT2D eigenvalue weighted by Crippen LogP contribution is -2.38. The minimum atomic E-state index is -0.716. The van der Waals surface area contributed by atoms with Gasteiger partial charge in [0.1, 0.15) is 17.5 Å². The molecule has 0 fully saturated rings. The second kappa shape index (κ2) is 8.87. The van der Waals surface area contributed by atoms with Crippen LogP contribution in [-0.4, -0.2) is 62.6 Å². The number of Topliss-reactive ketones (excluding diaryl/α,β-unsaturated/α-hetero) is 1. The number of H-pyrrole nitrogens is 1. The van der Waals surface area contributed by atoms with Gasteiger partial charge in [-0.1, -0.05) is 11.6 Å². The summed E-state index contributed by atoms with van der Waals surface area (Å²) in [6.07, 6.45) is 2.98. The second-order valence-electron chi connectivity index (χ2n) is 8.68. The molecule has 2 amide bonds. The van der Waals surface area contributed by atoms with E-state index in [1.54, 1.807) is 21.7 Å². The first-order valence-corrected chi connectivity index (χ1v) is 11.4. The maximum absolute atomic E-state index is 14.3. The third-order valence-corrected chi connectivity index (χ3v) is 6.50. The van der Waals surface area contributed by atoms with Crippen LogP contribution in [0.5, 0.6) is 0 Å². The molecule has 1 N–H and O–H groups in total. The van der Waals surface area contributed by atoms with E-state index in [0.717, 1.165) is 6.07 Å². The number of carbonyl (C=O) groups is 3. The minimum absolute atomic E-state index is 0.150. The second-order valence-corrected chi connectivity index (χ2v) is 9.09. The number of hydrogen-bond acceptors (Lipinski definition) is 4. The van der Waals surface area contributed by atoms with E-state index in [0.29, 0.717) is 35.5 Å². The van der Waals surface area contributed by atoms with Crippen LogP contribution in [0.2, 0.25) is 5.02 Å². The molecule has 0 atom stereocenters. The lowest BCUT2D eigenvalue weighted by Gasteiger charge is -2.29. The first-order valence-electron chi connectivity index (χ1n) is 11.0.